The smallest absolute Gasteiger partial charge is 0.273 e. The van der Waals surface area contributed by atoms with Crippen LogP contribution in [0, 0.1) is 6.92 Å². The molecule has 0 radical (unpaired) electrons. The van der Waals surface area contributed by atoms with E-state index in [0.717, 1.165) is 25.1 Å². The molecule has 2 aromatic heterocycles. The van der Waals surface area contributed by atoms with E-state index in [1.807, 2.05) is 6.08 Å². The largest absolute Gasteiger partial charge is 0.359 e. The average molecular weight is 433 g/mol. The van der Waals surface area contributed by atoms with Crippen LogP contribution < -0.4 is 5.43 Å². The fraction of sp³-hybridized carbons (Fsp3) is 0.520. The lowest BCUT2D eigenvalue weighted by atomic mass is 9.97. The lowest BCUT2D eigenvalue weighted by molar-refractivity contribution is -0.116. The van der Waals surface area contributed by atoms with Crippen molar-refractivity contribution in [2.45, 2.75) is 77.3 Å². The van der Waals surface area contributed by atoms with E-state index in [0.29, 0.717) is 35.0 Å². The summed E-state index contributed by atoms with van der Waals surface area (Å²) in [6, 6.07) is 3.17. The summed E-state index contributed by atoms with van der Waals surface area (Å²) in [4.78, 5) is 27.1. The third-order valence-electron chi connectivity index (χ3n) is 7.24. The molecule has 0 bridgehead atoms. The molecule has 1 aliphatic carbocycles. The molecular formula is C25H32N6O. The van der Waals surface area contributed by atoms with Gasteiger partial charge in [-0.3, -0.25) is 9.69 Å². The SMILES string of the molecule is Cc1[nH]c(/C=C2/C(=O)NN=C2c2ccncn2)c(C2CC2)c1CCCN1C(C)CCC1C. The maximum atomic E-state index is 12.6. The molecule has 168 valence electrons. The minimum Gasteiger partial charge on any atom is -0.359 e. The van der Waals surface area contributed by atoms with Gasteiger partial charge in [-0.1, -0.05) is 0 Å². The molecule has 32 heavy (non-hydrogen) atoms. The molecule has 0 spiro atoms. The monoisotopic (exact) mass is 432 g/mol. The summed E-state index contributed by atoms with van der Waals surface area (Å²) in [5.74, 6) is 0.404. The number of hydrogen-bond donors (Lipinski definition) is 2. The number of nitrogens with one attached hydrogen (secondary N) is 2. The van der Waals surface area contributed by atoms with E-state index < -0.39 is 0 Å². The lowest BCUT2D eigenvalue weighted by Gasteiger charge is -2.25. The second-order valence-electron chi connectivity index (χ2n) is 9.50. The quantitative estimate of drug-likeness (QED) is 0.653. The van der Waals surface area contributed by atoms with Gasteiger partial charge < -0.3 is 4.98 Å². The third-order valence-corrected chi connectivity index (χ3v) is 7.24. The molecule has 1 saturated carbocycles. The van der Waals surface area contributed by atoms with Crippen LogP contribution in [0.5, 0.6) is 0 Å². The first-order valence-corrected chi connectivity index (χ1v) is 11.9. The van der Waals surface area contributed by atoms with E-state index >= 15 is 0 Å². The van der Waals surface area contributed by atoms with Crippen LogP contribution in [0.2, 0.25) is 0 Å². The van der Waals surface area contributed by atoms with Crippen LogP contribution in [-0.2, 0) is 11.2 Å². The van der Waals surface area contributed by atoms with Gasteiger partial charge in [-0.2, -0.15) is 5.10 Å². The van der Waals surface area contributed by atoms with Gasteiger partial charge in [-0.05, 0) is 95.0 Å². The van der Waals surface area contributed by atoms with Crippen LogP contribution in [0.4, 0.5) is 0 Å². The van der Waals surface area contributed by atoms with Crippen molar-refractivity contribution in [3.8, 4) is 0 Å². The van der Waals surface area contributed by atoms with Gasteiger partial charge in [-0.15, -0.1) is 0 Å². The van der Waals surface area contributed by atoms with Crippen molar-refractivity contribution in [1.82, 2.24) is 25.3 Å². The van der Waals surface area contributed by atoms with E-state index in [-0.39, 0.29) is 5.91 Å². The fourth-order valence-corrected chi connectivity index (χ4v) is 5.35. The van der Waals surface area contributed by atoms with E-state index in [1.165, 1.54) is 48.8 Å². The molecule has 1 saturated heterocycles. The highest BCUT2D eigenvalue weighted by Crippen LogP contribution is 2.45. The van der Waals surface area contributed by atoms with Gasteiger partial charge in [0.25, 0.3) is 5.91 Å². The molecule has 2 N–H and O–H groups in total. The number of nitrogens with zero attached hydrogens (tertiary/aromatic N) is 4. The molecule has 0 aromatic carbocycles. The number of carbonyl (C=O) groups is 1. The first-order chi connectivity index (χ1) is 15.5. The van der Waals surface area contributed by atoms with Gasteiger partial charge in [0, 0.05) is 29.7 Å². The summed E-state index contributed by atoms with van der Waals surface area (Å²) in [5, 5.41) is 4.23. The van der Waals surface area contributed by atoms with Crippen molar-refractivity contribution in [2.75, 3.05) is 6.54 Å². The van der Waals surface area contributed by atoms with Gasteiger partial charge in [0.2, 0.25) is 0 Å². The lowest BCUT2D eigenvalue weighted by Crippen LogP contribution is -2.33. The van der Waals surface area contributed by atoms with Crippen molar-refractivity contribution < 1.29 is 4.79 Å². The Kier molecular flexibility index (Phi) is 5.67. The van der Waals surface area contributed by atoms with Gasteiger partial charge in [-0.25, -0.2) is 15.4 Å². The summed E-state index contributed by atoms with van der Waals surface area (Å²) in [5.41, 5.74) is 9.49. The number of amides is 1. The topological polar surface area (TPSA) is 86.3 Å². The highest BCUT2D eigenvalue weighted by atomic mass is 16.2. The number of hydrogen-bond acceptors (Lipinski definition) is 5. The molecular weight excluding hydrogens is 400 g/mol. The highest BCUT2D eigenvalue weighted by Gasteiger charge is 2.33. The van der Waals surface area contributed by atoms with Crippen molar-refractivity contribution >= 4 is 17.7 Å². The van der Waals surface area contributed by atoms with E-state index in [1.54, 1.807) is 12.3 Å². The Balaban J connectivity index is 1.40. The van der Waals surface area contributed by atoms with Crippen LogP contribution in [0.15, 0.2) is 29.3 Å². The van der Waals surface area contributed by atoms with Crippen molar-refractivity contribution in [1.29, 1.82) is 0 Å². The Hall–Kier alpha value is -2.80. The molecule has 3 aliphatic rings. The Morgan fingerprint density at radius 3 is 2.66 bits per heavy atom. The normalized spacial score (nSPS) is 24.9. The zero-order valence-electron chi connectivity index (χ0n) is 19.2. The minimum atomic E-state index is -0.189. The van der Waals surface area contributed by atoms with Crippen LogP contribution in [-0.4, -0.2) is 50.1 Å². The average Bonchev–Trinajstić information content (AvgIpc) is 3.40. The third kappa shape index (κ3) is 4.01. The maximum absolute atomic E-state index is 12.6. The maximum Gasteiger partial charge on any atom is 0.273 e. The minimum absolute atomic E-state index is 0.189. The Bertz CT molecular complexity index is 1060. The zero-order chi connectivity index (χ0) is 22.2. The van der Waals surface area contributed by atoms with Gasteiger partial charge in [0.1, 0.15) is 12.0 Å². The number of aromatic nitrogens is 3. The Morgan fingerprint density at radius 1 is 1.19 bits per heavy atom. The van der Waals surface area contributed by atoms with E-state index in [9.17, 15) is 4.79 Å². The Morgan fingerprint density at radius 2 is 1.97 bits per heavy atom. The molecule has 7 nitrogen and oxygen atoms in total. The number of H-pyrrole nitrogens is 1. The molecule has 7 heteroatoms. The molecule has 2 unspecified atom stereocenters. The fourth-order valence-electron chi connectivity index (χ4n) is 5.35. The number of likely N-dealkylation sites (tertiary alicyclic amines) is 1. The number of aryl methyl sites for hydroxylation is 1. The summed E-state index contributed by atoms with van der Waals surface area (Å²) >= 11 is 0. The summed E-state index contributed by atoms with van der Waals surface area (Å²) in [6.45, 7) is 8.03. The van der Waals surface area contributed by atoms with Crippen molar-refractivity contribution in [3.63, 3.8) is 0 Å². The van der Waals surface area contributed by atoms with Crippen LogP contribution in [0.1, 0.15) is 80.1 Å². The Labute approximate surface area is 189 Å². The molecule has 4 heterocycles. The number of hydrazone groups is 1. The van der Waals surface area contributed by atoms with Gasteiger partial charge in [0.15, 0.2) is 0 Å². The van der Waals surface area contributed by atoms with Crippen LogP contribution in [0.3, 0.4) is 0 Å². The van der Waals surface area contributed by atoms with Crippen molar-refractivity contribution in [3.05, 3.63) is 52.4 Å². The summed E-state index contributed by atoms with van der Waals surface area (Å²) in [6.07, 6.45) is 12.4. The zero-order valence-corrected chi connectivity index (χ0v) is 19.2. The molecule has 5 rings (SSSR count). The van der Waals surface area contributed by atoms with Crippen LogP contribution in [0.25, 0.3) is 6.08 Å². The number of carbonyl (C=O) groups excluding carboxylic acids is 1. The highest BCUT2D eigenvalue weighted by molar-refractivity contribution is 6.32. The number of rotatable bonds is 7. The summed E-state index contributed by atoms with van der Waals surface area (Å²) < 4.78 is 0. The van der Waals surface area contributed by atoms with Gasteiger partial charge in [0.05, 0.1) is 11.3 Å². The molecule has 2 aliphatic heterocycles. The molecule has 2 atom stereocenters. The molecule has 2 aromatic rings. The predicted octanol–water partition coefficient (Wildman–Crippen LogP) is 3.71. The van der Waals surface area contributed by atoms with Crippen LogP contribution >= 0.6 is 0 Å². The van der Waals surface area contributed by atoms with Crippen molar-refractivity contribution in [2.24, 2.45) is 5.10 Å². The second kappa shape index (κ2) is 8.62. The number of aromatic amines is 1. The van der Waals surface area contributed by atoms with E-state index in [4.69, 9.17) is 0 Å². The second-order valence-corrected chi connectivity index (χ2v) is 9.50. The first kappa shape index (κ1) is 21.1. The predicted molar refractivity (Wildman–Crippen MR) is 125 cm³/mol. The van der Waals surface area contributed by atoms with Gasteiger partial charge >= 0.3 is 0 Å². The molecule has 2 fully saturated rings. The summed E-state index contributed by atoms with van der Waals surface area (Å²) in [7, 11) is 0. The first-order valence-electron chi connectivity index (χ1n) is 11.9. The molecule has 1 amide bonds. The standard InChI is InChI=1S/C25H32N6O/c1-15-6-7-16(2)31(15)12-4-5-19-17(3)28-22(23(19)18-8-9-18)13-20-24(29-30-25(20)32)21-10-11-26-14-27-21/h10-11,13-16,18,28H,4-9,12H2,1-3H3,(H,30,32)/b20-13+. The van der Waals surface area contributed by atoms with E-state index in [2.05, 4.69) is 51.2 Å².